The van der Waals surface area contributed by atoms with Gasteiger partial charge in [0.2, 0.25) is 0 Å². The number of hydrogen-bond acceptors (Lipinski definition) is 4. The van der Waals surface area contributed by atoms with E-state index in [4.69, 9.17) is 15.8 Å². The first-order chi connectivity index (χ1) is 14.4. The molecule has 0 heterocycles. The summed E-state index contributed by atoms with van der Waals surface area (Å²) in [7, 11) is -3.94. The van der Waals surface area contributed by atoms with E-state index >= 15 is 0 Å². The zero-order valence-electron chi connectivity index (χ0n) is 16.8. The van der Waals surface area contributed by atoms with Crippen molar-refractivity contribution in [1.82, 2.24) is 0 Å². The lowest BCUT2D eigenvalue weighted by atomic mass is 10.2. The van der Waals surface area contributed by atoms with E-state index in [1.165, 1.54) is 0 Å². The molecule has 0 saturated heterocycles. The minimum Gasteiger partial charge on any atom is -0.377 e. The van der Waals surface area contributed by atoms with Gasteiger partial charge < -0.3 is 9.08 Å². The molecule has 3 rings (SSSR count). The van der Waals surface area contributed by atoms with Crippen molar-refractivity contribution in [2.45, 2.75) is 18.7 Å². The molecule has 0 aliphatic rings. The molecule has 0 aromatic heterocycles. The normalized spacial score (nSPS) is 10.8. The van der Waals surface area contributed by atoms with Gasteiger partial charge in [-0.25, -0.2) is 0 Å². The molecule has 154 valence electrons. The Kier molecular flexibility index (Phi) is 7.04. The highest BCUT2D eigenvalue weighted by molar-refractivity contribution is 7.87. The zero-order chi connectivity index (χ0) is 21.6. The Labute approximate surface area is 183 Å². The number of hydrogen-bond donors (Lipinski definition) is 0. The highest BCUT2D eigenvalue weighted by Gasteiger charge is 2.20. The molecule has 0 atom stereocenters. The summed E-state index contributed by atoms with van der Waals surface area (Å²) in [5.41, 5.74) is 2.46. The first-order valence-electron chi connectivity index (χ1n) is 9.48. The maximum Gasteiger partial charge on any atom is 0.339 e. The maximum absolute atomic E-state index is 12.7. The molecule has 6 heteroatoms. The van der Waals surface area contributed by atoms with Gasteiger partial charge >= 0.3 is 10.1 Å². The van der Waals surface area contributed by atoms with Crippen molar-refractivity contribution < 1.29 is 12.6 Å². The van der Waals surface area contributed by atoms with Crippen LogP contribution in [0.1, 0.15) is 18.1 Å². The number of anilines is 1. The summed E-state index contributed by atoms with van der Waals surface area (Å²) in [6.07, 6.45) is 0. The Morgan fingerprint density at radius 3 is 2.43 bits per heavy atom. The van der Waals surface area contributed by atoms with Gasteiger partial charge in [0.05, 0.1) is 12.2 Å². The molecule has 0 aliphatic heterocycles. The number of halogens is 1. The van der Waals surface area contributed by atoms with E-state index in [1.54, 1.807) is 48.5 Å². The Bertz CT molecular complexity index is 1180. The van der Waals surface area contributed by atoms with Gasteiger partial charge in [0, 0.05) is 17.1 Å². The summed E-state index contributed by atoms with van der Waals surface area (Å²) in [5, 5.41) is 0.634. The van der Waals surface area contributed by atoms with E-state index in [-0.39, 0.29) is 10.6 Å². The molecule has 0 unspecified atom stereocenters. The van der Waals surface area contributed by atoms with Crippen LogP contribution in [-0.4, -0.2) is 21.5 Å². The third kappa shape index (κ3) is 5.56. The van der Waals surface area contributed by atoms with Crippen LogP contribution in [0.2, 0.25) is 5.02 Å². The van der Waals surface area contributed by atoms with Crippen LogP contribution in [-0.2, 0) is 10.1 Å². The largest absolute Gasteiger partial charge is 0.377 e. The summed E-state index contributed by atoms with van der Waals surface area (Å²) in [4.78, 5) is 2.07. The van der Waals surface area contributed by atoms with Crippen molar-refractivity contribution in [3.8, 4) is 17.6 Å². The van der Waals surface area contributed by atoms with Crippen LogP contribution < -0.4 is 9.08 Å². The van der Waals surface area contributed by atoms with Gasteiger partial charge in [0.25, 0.3) is 0 Å². The molecule has 0 fully saturated rings. The van der Waals surface area contributed by atoms with E-state index < -0.39 is 10.1 Å². The predicted molar refractivity (Wildman–Crippen MR) is 122 cm³/mol. The molecule has 0 N–H and O–H groups in total. The van der Waals surface area contributed by atoms with Crippen LogP contribution >= 0.6 is 11.6 Å². The highest BCUT2D eigenvalue weighted by Crippen LogP contribution is 2.30. The van der Waals surface area contributed by atoms with Gasteiger partial charge in [-0.2, -0.15) is 8.42 Å². The van der Waals surface area contributed by atoms with Gasteiger partial charge in [-0.15, -0.1) is 0 Å². The molecule has 0 saturated carbocycles. The minimum atomic E-state index is -3.94. The monoisotopic (exact) mass is 439 g/mol. The minimum absolute atomic E-state index is 0.117. The Balaban J connectivity index is 1.83. The average Bonchev–Trinajstić information content (AvgIpc) is 2.72. The van der Waals surface area contributed by atoms with E-state index in [2.05, 4.69) is 11.8 Å². The summed E-state index contributed by atoms with van der Waals surface area (Å²) < 4.78 is 30.9. The van der Waals surface area contributed by atoms with E-state index in [0.717, 1.165) is 11.1 Å². The van der Waals surface area contributed by atoms with Gasteiger partial charge in [0.1, 0.15) is 4.90 Å². The number of aryl methyl sites for hydroxylation is 1. The highest BCUT2D eigenvalue weighted by atomic mass is 35.5. The van der Waals surface area contributed by atoms with Crippen molar-refractivity contribution in [2.75, 3.05) is 18.0 Å². The van der Waals surface area contributed by atoms with Gasteiger partial charge in [0.15, 0.2) is 5.75 Å². The molecule has 4 nitrogen and oxygen atoms in total. The van der Waals surface area contributed by atoms with Crippen LogP contribution in [0.3, 0.4) is 0 Å². The summed E-state index contributed by atoms with van der Waals surface area (Å²) in [5.74, 6) is 6.47. The average molecular weight is 440 g/mol. The van der Waals surface area contributed by atoms with Crippen molar-refractivity contribution in [3.63, 3.8) is 0 Å². The molecule has 0 spiro atoms. The molecule has 30 heavy (non-hydrogen) atoms. The van der Waals surface area contributed by atoms with Crippen LogP contribution in [0.5, 0.6) is 5.75 Å². The molecule has 3 aromatic rings. The molecule has 0 bridgehead atoms. The summed E-state index contributed by atoms with van der Waals surface area (Å²) >= 11 is 6.00. The summed E-state index contributed by atoms with van der Waals surface area (Å²) in [6, 6.07) is 21.0. The lowest BCUT2D eigenvalue weighted by molar-refractivity contribution is 0.485. The SMILES string of the molecule is CCN(CC#Cc1cccc(Cl)c1)c1ccccc1OS(=O)(=O)c1ccc(C)cc1. The molecular weight excluding hydrogens is 418 g/mol. The van der Waals surface area contributed by atoms with Gasteiger partial charge in [-0.05, 0) is 56.3 Å². The number of nitrogens with zero attached hydrogens (tertiary/aromatic N) is 1. The Morgan fingerprint density at radius 2 is 1.73 bits per heavy atom. The van der Waals surface area contributed by atoms with Crippen LogP contribution in [0.25, 0.3) is 0 Å². The fraction of sp³-hybridized carbons (Fsp3) is 0.167. The maximum atomic E-state index is 12.7. The number of benzene rings is 3. The quantitative estimate of drug-likeness (QED) is 0.386. The molecule has 0 aliphatic carbocycles. The Hall–Kier alpha value is -2.94. The zero-order valence-corrected chi connectivity index (χ0v) is 18.4. The van der Waals surface area contributed by atoms with Crippen LogP contribution in [0.4, 0.5) is 5.69 Å². The lowest BCUT2D eigenvalue weighted by Gasteiger charge is -2.23. The topological polar surface area (TPSA) is 46.6 Å². The lowest BCUT2D eigenvalue weighted by Crippen LogP contribution is -2.24. The van der Waals surface area contributed by atoms with Crippen molar-refractivity contribution in [1.29, 1.82) is 0 Å². The van der Waals surface area contributed by atoms with Gasteiger partial charge in [-0.3, -0.25) is 0 Å². The van der Waals surface area contributed by atoms with E-state index in [9.17, 15) is 8.42 Å². The molecular formula is C24H22ClNO3S. The van der Waals surface area contributed by atoms with E-state index in [1.807, 2.05) is 43.0 Å². The second-order valence-electron chi connectivity index (χ2n) is 6.64. The Morgan fingerprint density at radius 1 is 1.00 bits per heavy atom. The standard InChI is InChI=1S/C24H22ClNO3S/c1-3-26(17-7-9-20-8-6-10-21(25)18-20)23-11-4-5-12-24(23)29-30(27,28)22-15-13-19(2)14-16-22/h4-6,8,10-16,18H,3,17H2,1-2H3. The molecule has 3 aromatic carbocycles. The van der Waals surface area contributed by atoms with Crippen molar-refractivity contribution in [3.05, 3.63) is 88.9 Å². The fourth-order valence-electron chi connectivity index (χ4n) is 2.83. The van der Waals surface area contributed by atoms with Crippen LogP contribution in [0.15, 0.2) is 77.7 Å². The first-order valence-corrected chi connectivity index (χ1v) is 11.3. The number of rotatable bonds is 6. The first kappa shape index (κ1) is 21.8. The fourth-order valence-corrected chi connectivity index (χ4v) is 3.96. The van der Waals surface area contributed by atoms with Gasteiger partial charge in [-0.1, -0.05) is 59.3 Å². The molecule has 0 radical (unpaired) electrons. The van der Waals surface area contributed by atoms with Crippen LogP contribution in [0, 0.1) is 18.8 Å². The summed E-state index contributed by atoms with van der Waals surface area (Å²) in [6.45, 7) is 4.92. The number of para-hydroxylation sites is 2. The molecule has 0 amide bonds. The third-order valence-corrected chi connectivity index (χ3v) is 5.91. The smallest absolute Gasteiger partial charge is 0.339 e. The van der Waals surface area contributed by atoms with Crippen molar-refractivity contribution >= 4 is 27.4 Å². The third-order valence-electron chi connectivity index (χ3n) is 4.42. The second kappa shape index (κ2) is 9.71. The second-order valence-corrected chi connectivity index (χ2v) is 8.63. The van der Waals surface area contributed by atoms with E-state index in [0.29, 0.717) is 23.8 Å². The van der Waals surface area contributed by atoms with Crippen molar-refractivity contribution in [2.24, 2.45) is 0 Å². The predicted octanol–water partition coefficient (Wildman–Crippen LogP) is 5.29.